The van der Waals surface area contributed by atoms with E-state index >= 15 is 0 Å². The van der Waals surface area contributed by atoms with E-state index in [9.17, 15) is 0 Å². The zero-order valence-electron chi connectivity index (χ0n) is 12.7. The minimum Gasteiger partial charge on any atom is -0.289 e. The molecule has 0 N–H and O–H groups in total. The van der Waals surface area contributed by atoms with Gasteiger partial charge in [-0.25, -0.2) is 0 Å². The maximum absolute atomic E-state index is 4.23. The summed E-state index contributed by atoms with van der Waals surface area (Å²) >= 11 is 0. The fourth-order valence-electron chi connectivity index (χ4n) is 2.29. The average Bonchev–Trinajstić information content (AvgIpc) is 2.57. The molecule has 5 heteroatoms. The maximum Gasteiger partial charge on any atom is 0.227 e. The smallest absolute Gasteiger partial charge is 0.227 e. The van der Waals surface area contributed by atoms with E-state index in [4.69, 9.17) is 0 Å². The molecule has 0 saturated heterocycles. The molecule has 0 aliphatic heterocycles. The van der Waals surface area contributed by atoms with Crippen LogP contribution in [0.1, 0.15) is 5.82 Å². The molecule has 0 radical (unpaired) electrons. The van der Waals surface area contributed by atoms with Gasteiger partial charge in [0.2, 0.25) is 11.6 Å². The lowest BCUT2D eigenvalue weighted by molar-refractivity contribution is 0.376. The van der Waals surface area contributed by atoms with Crippen LogP contribution in [-0.2, 0) is 6.54 Å². The summed E-state index contributed by atoms with van der Waals surface area (Å²) in [4.78, 5) is 0. The van der Waals surface area contributed by atoms with Crippen molar-refractivity contribution in [2.45, 2.75) is 6.54 Å². The molecule has 0 bridgehead atoms. The summed E-state index contributed by atoms with van der Waals surface area (Å²) < 4.78 is 0.648. The van der Waals surface area contributed by atoms with Crippen LogP contribution in [0.4, 0.5) is 5.69 Å². The lowest BCUT2D eigenvalue weighted by Crippen LogP contribution is -2.40. The predicted octanol–water partition coefficient (Wildman–Crippen LogP) is 2.70. The number of hydrogen-bond acceptors (Lipinski definition) is 4. The number of hydrogen-bond donors (Lipinski definition) is 0. The second-order valence-corrected chi connectivity index (χ2v) is 5.68. The van der Waals surface area contributed by atoms with E-state index in [0.717, 1.165) is 5.56 Å². The topological polar surface area (TPSA) is 51.6 Å². The molecule has 0 fully saturated rings. The molecule has 3 aromatic rings. The molecule has 0 unspecified atom stereocenters. The summed E-state index contributed by atoms with van der Waals surface area (Å²) in [6.45, 7) is 0.638. The van der Waals surface area contributed by atoms with E-state index in [2.05, 4.69) is 46.6 Å². The number of quaternary nitrogens is 1. The Bertz CT molecular complexity index is 724. The summed E-state index contributed by atoms with van der Waals surface area (Å²) in [7, 11) is 4.23. The van der Waals surface area contributed by atoms with Gasteiger partial charge in [-0.05, 0) is 12.1 Å². The Labute approximate surface area is 129 Å². The predicted molar refractivity (Wildman–Crippen MR) is 86.8 cm³/mol. The Morgan fingerprint density at radius 2 is 1.27 bits per heavy atom. The summed E-state index contributed by atoms with van der Waals surface area (Å²) in [5.74, 6) is 1.18. The molecule has 2 aromatic carbocycles. The van der Waals surface area contributed by atoms with Gasteiger partial charge >= 0.3 is 0 Å². The summed E-state index contributed by atoms with van der Waals surface area (Å²) in [5.41, 5.74) is 2.11. The van der Waals surface area contributed by atoms with Crippen LogP contribution in [0.2, 0.25) is 0 Å². The fraction of sp³-hybridized carbons (Fsp3) is 0.176. The monoisotopic (exact) mass is 292 g/mol. The first kappa shape index (κ1) is 14.3. The molecule has 1 heterocycles. The van der Waals surface area contributed by atoms with Gasteiger partial charge in [-0.15, -0.1) is 20.4 Å². The molecule has 3 rings (SSSR count). The highest BCUT2D eigenvalue weighted by atomic mass is 15.4. The van der Waals surface area contributed by atoms with E-state index < -0.39 is 0 Å². The van der Waals surface area contributed by atoms with Crippen LogP contribution >= 0.6 is 0 Å². The second-order valence-electron chi connectivity index (χ2n) is 5.68. The first-order valence-corrected chi connectivity index (χ1v) is 7.15. The zero-order chi connectivity index (χ0) is 15.4. The van der Waals surface area contributed by atoms with Gasteiger partial charge in [0.25, 0.3) is 0 Å². The van der Waals surface area contributed by atoms with Crippen molar-refractivity contribution < 1.29 is 0 Å². The first-order chi connectivity index (χ1) is 10.6. The first-order valence-electron chi connectivity index (χ1n) is 7.15. The lowest BCUT2D eigenvalue weighted by atomic mass is 10.2. The Balaban J connectivity index is 1.79. The SMILES string of the molecule is C[N+](C)(Cc1nnc(-c2ccccc2)nn1)c1ccccc1. The van der Waals surface area contributed by atoms with Crippen molar-refractivity contribution in [3.8, 4) is 11.4 Å². The number of nitrogens with zero attached hydrogens (tertiary/aromatic N) is 5. The largest absolute Gasteiger partial charge is 0.289 e. The van der Waals surface area contributed by atoms with Gasteiger partial charge in [0, 0.05) is 5.56 Å². The van der Waals surface area contributed by atoms with Crippen LogP contribution in [0.25, 0.3) is 11.4 Å². The van der Waals surface area contributed by atoms with Crippen molar-refractivity contribution >= 4 is 5.69 Å². The molecule has 22 heavy (non-hydrogen) atoms. The maximum atomic E-state index is 4.23. The Morgan fingerprint density at radius 3 is 1.86 bits per heavy atom. The van der Waals surface area contributed by atoms with Gasteiger partial charge in [-0.1, -0.05) is 48.5 Å². The van der Waals surface area contributed by atoms with Crippen molar-refractivity contribution in [3.63, 3.8) is 0 Å². The minimum absolute atomic E-state index is 0.550. The van der Waals surface area contributed by atoms with Gasteiger partial charge in [-0.3, -0.25) is 4.48 Å². The number of rotatable bonds is 4. The molecule has 0 spiro atoms. The molecule has 1 aromatic heterocycles. The van der Waals surface area contributed by atoms with E-state index in [1.165, 1.54) is 5.69 Å². The number of benzene rings is 2. The highest BCUT2D eigenvalue weighted by Crippen LogP contribution is 2.20. The third kappa shape index (κ3) is 3.15. The molecule has 0 aliphatic carbocycles. The molecule has 0 amide bonds. The van der Waals surface area contributed by atoms with E-state index in [1.807, 2.05) is 48.5 Å². The molecule has 0 atom stereocenters. The van der Waals surface area contributed by atoms with E-state index in [-0.39, 0.29) is 0 Å². The Hall–Kier alpha value is -2.66. The summed E-state index contributed by atoms with van der Waals surface area (Å²) in [6, 6.07) is 20.0. The van der Waals surface area contributed by atoms with E-state index in [0.29, 0.717) is 22.7 Å². The standard InChI is InChI=1S/C17H18N5/c1-22(2,15-11-7-4-8-12-15)13-16-18-20-17(21-19-16)14-9-5-3-6-10-14/h3-12H,13H2,1-2H3/q+1. The molecule has 110 valence electrons. The van der Waals surface area contributed by atoms with Gasteiger partial charge in [0.15, 0.2) is 0 Å². The van der Waals surface area contributed by atoms with Crippen molar-refractivity contribution in [2.24, 2.45) is 0 Å². The van der Waals surface area contributed by atoms with E-state index in [1.54, 1.807) is 0 Å². The van der Waals surface area contributed by atoms with Crippen LogP contribution in [-0.4, -0.2) is 34.5 Å². The summed E-state index contributed by atoms with van der Waals surface area (Å²) in [6.07, 6.45) is 0. The van der Waals surface area contributed by atoms with Crippen LogP contribution in [0.15, 0.2) is 60.7 Å². The number of aromatic nitrogens is 4. The highest BCUT2D eigenvalue weighted by Gasteiger charge is 2.21. The van der Waals surface area contributed by atoms with Gasteiger partial charge in [-0.2, -0.15) is 0 Å². The normalized spacial score (nSPS) is 11.4. The molecule has 0 aliphatic rings. The average molecular weight is 292 g/mol. The molecule has 0 saturated carbocycles. The van der Waals surface area contributed by atoms with Crippen LogP contribution < -0.4 is 4.48 Å². The van der Waals surface area contributed by atoms with Crippen molar-refractivity contribution in [1.29, 1.82) is 0 Å². The van der Waals surface area contributed by atoms with Crippen molar-refractivity contribution in [3.05, 3.63) is 66.5 Å². The van der Waals surface area contributed by atoms with Gasteiger partial charge in [0.05, 0.1) is 14.1 Å². The Morgan fingerprint density at radius 1 is 0.727 bits per heavy atom. The second kappa shape index (κ2) is 5.99. The van der Waals surface area contributed by atoms with Crippen molar-refractivity contribution in [1.82, 2.24) is 24.9 Å². The molecule has 5 nitrogen and oxygen atoms in total. The summed E-state index contributed by atoms with van der Waals surface area (Å²) in [5, 5.41) is 16.8. The molecular weight excluding hydrogens is 274 g/mol. The zero-order valence-corrected chi connectivity index (χ0v) is 12.7. The molecular formula is C17H18N5+. The lowest BCUT2D eigenvalue weighted by Gasteiger charge is -2.27. The third-order valence-corrected chi connectivity index (χ3v) is 3.54. The van der Waals surface area contributed by atoms with Crippen LogP contribution in [0, 0.1) is 0 Å². The van der Waals surface area contributed by atoms with Crippen LogP contribution in [0.5, 0.6) is 0 Å². The number of para-hydroxylation sites is 1. The Kier molecular flexibility index (Phi) is 3.89. The fourth-order valence-corrected chi connectivity index (χ4v) is 2.29. The van der Waals surface area contributed by atoms with Crippen LogP contribution in [0.3, 0.4) is 0 Å². The minimum atomic E-state index is 0.550. The third-order valence-electron chi connectivity index (χ3n) is 3.54. The highest BCUT2D eigenvalue weighted by molar-refractivity contribution is 5.52. The van der Waals surface area contributed by atoms with Gasteiger partial charge < -0.3 is 0 Å². The quantitative estimate of drug-likeness (QED) is 0.694. The van der Waals surface area contributed by atoms with Crippen molar-refractivity contribution in [2.75, 3.05) is 14.1 Å². The van der Waals surface area contributed by atoms with Gasteiger partial charge in [0.1, 0.15) is 12.2 Å².